The molecular weight excluding hydrogens is 312 g/mol. The minimum atomic E-state index is -0.513. The van der Waals surface area contributed by atoms with Gasteiger partial charge in [-0.2, -0.15) is 0 Å². The van der Waals surface area contributed by atoms with Crippen molar-refractivity contribution in [3.05, 3.63) is 38.3 Å². The first-order valence-corrected chi connectivity index (χ1v) is 6.85. The molecular formula is C13H17BrN2O3. The number of hydrogen-bond donors (Lipinski definition) is 1. The van der Waals surface area contributed by atoms with Gasteiger partial charge < -0.3 is 5.32 Å². The standard InChI is InChI=1S/C13H17BrN2O3/c1-8(2)6-9(3)15-13(17)11-7-10(16(18)19)4-5-12(11)14/h4-5,7-9H,6H2,1-3H3,(H,15,17). The lowest BCUT2D eigenvalue weighted by Crippen LogP contribution is -2.33. The van der Waals surface area contributed by atoms with E-state index in [1.54, 1.807) is 0 Å². The fraction of sp³-hybridized carbons (Fsp3) is 0.462. The Hall–Kier alpha value is -1.43. The number of carbonyl (C=O) groups is 1. The van der Waals surface area contributed by atoms with Gasteiger partial charge in [-0.3, -0.25) is 14.9 Å². The summed E-state index contributed by atoms with van der Waals surface area (Å²) in [5.74, 6) is 0.174. The predicted octanol–water partition coefficient (Wildman–Crippen LogP) is 3.52. The minimum Gasteiger partial charge on any atom is -0.350 e. The normalized spacial score (nSPS) is 12.3. The summed E-state index contributed by atoms with van der Waals surface area (Å²) in [6, 6.07) is 4.18. The summed E-state index contributed by atoms with van der Waals surface area (Å²) < 4.78 is 0.548. The Balaban J connectivity index is 2.87. The van der Waals surface area contributed by atoms with Crippen molar-refractivity contribution in [2.75, 3.05) is 0 Å². The van der Waals surface area contributed by atoms with Gasteiger partial charge in [0.15, 0.2) is 0 Å². The van der Waals surface area contributed by atoms with Crippen LogP contribution in [0.25, 0.3) is 0 Å². The van der Waals surface area contributed by atoms with Gasteiger partial charge in [0.2, 0.25) is 0 Å². The first-order chi connectivity index (χ1) is 8.81. The van der Waals surface area contributed by atoms with Gasteiger partial charge in [0.25, 0.3) is 11.6 Å². The summed E-state index contributed by atoms with van der Waals surface area (Å²) in [5.41, 5.74) is 0.190. The lowest BCUT2D eigenvalue weighted by atomic mass is 10.0. The maximum Gasteiger partial charge on any atom is 0.270 e. The molecule has 0 aromatic heterocycles. The van der Waals surface area contributed by atoms with E-state index in [4.69, 9.17) is 0 Å². The number of carbonyl (C=O) groups excluding carboxylic acids is 1. The van der Waals surface area contributed by atoms with Crippen LogP contribution in [0.2, 0.25) is 0 Å². The van der Waals surface area contributed by atoms with Gasteiger partial charge in [-0.15, -0.1) is 0 Å². The number of nitrogens with one attached hydrogen (secondary N) is 1. The minimum absolute atomic E-state index is 0.0265. The molecule has 19 heavy (non-hydrogen) atoms. The number of nitro benzene ring substituents is 1. The van der Waals surface area contributed by atoms with Crippen LogP contribution in [0.1, 0.15) is 37.6 Å². The fourth-order valence-electron chi connectivity index (χ4n) is 1.87. The van der Waals surface area contributed by atoms with Gasteiger partial charge in [-0.1, -0.05) is 13.8 Å². The fourth-order valence-corrected chi connectivity index (χ4v) is 2.30. The van der Waals surface area contributed by atoms with Gasteiger partial charge in [-0.05, 0) is 41.3 Å². The predicted molar refractivity (Wildman–Crippen MR) is 77.2 cm³/mol. The Morgan fingerprint density at radius 2 is 2.05 bits per heavy atom. The topological polar surface area (TPSA) is 72.2 Å². The highest BCUT2D eigenvalue weighted by Gasteiger charge is 2.17. The zero-order valence-corrected chi connectivity index (χ0v) is 12.7. The maximum absolute atomic E-state index is 12.1. The molecule has 1 aromatic carbocycles. The Bertz CT molecular complexity index is 489. The molecule has 0 radical (unpaired) electrons. The van der Waals surface area contributed by atoms with E-state index in [1.165, 1.54) is 18.2 Å². The second kappa shape index (κ2) is 6.65. The third kappa shape index (κ3) is 4.63. The van der Waals surface area contributed by atoms with Gasteiger partial charge in [0, 0.05) is 22.6 Å². The molecule has 0 saturated heterocycles. The average Bonchev–Trinajstić information content (AvgIpc) is 2.27. The lowest BCUT2D eigenvalue weighted by molar-refractivity contribution is -0.384. The van der Waals surface area contributed by atoms with Crippen LogP contribution in [0, 0.1) is 16.0 Å². The van der Waals surface area contributed by atoms with E-state index in [0.29, 0.717) is 10.4 Å². The molecule has 104 valence electrons. The smallest absolute Gasteiger partial charge is 0.270 e. The van der Waals surface area contributed by atoms with Crippen molar-refractivity contribution in [3.8, 4) is 0 Å². The van der Waals surface area contributed by atoms with Gasteiger partial charge in [-0.25, -0.2) is 0 Å². The summed E-state index contributed by atoms with van der Waals surface area (Å²) in [6.07, 6.45) is 0.859. The number of nitrogens with zero attached hydrogens (tertiary/aromatic N) is 1. The number of amides is 1. The third-order valence-electron chi connectivity index (χ3n) is 2.61. The highest BCUT2D eigenvalue weighted by molar-refractivity contribution is 9.10. The molecule has 0 heterocycles. The van der Waals surface area contributed by atoms with Crippen molar-refractivity contribution in [1.82, 2.24) is 5.32 Å². The molecule has 0 bridgehead atoms. The monoisotopic (exact) mass is 328 g/mol. The molecule has 1 N–H and O–H groups in total. The van der Waals surface area contributed by atoms with E-state index in [2.05, 4.69) is 35.1 Å². The van der Waals surface area contributed by atoms with Crippen LogP contribution < -0.4 is 5.32 Å². The van der Waals surface area contributed by atoms with Crippen molar-refractivity contribution in [3.63, 3.8) is 0 Å². The van der Waals surface area contributed by atoms with Gasteiger partial charge in [0.1, 0.15) is 0 Å². The molecule has 1 rings (SSSR count). The number of benzene rings is 1. The Kier molecular flexibility index (Phi) is 5.47. The van der Waals surface area contributed by atoms with Crippen LogP contribution in [0.5, 0.6) is 0 Å². The van der Waals surface area contributed by atoms with Crippen molar-refractivity contribution >= 4 is 27.5 Å². The zero-order valence-electron chi connectivity index (χ0n) is 11.1. The van der Waals surface area contributed by atoms with Crippen molar-refractivity contribution in [2.24, 2.45) is 5.92 Å². The van der Waals surface area contributed by atoms with Crippen LogP contribution in [0.15, 0.2) is 22.7 Å². The number of non-ortho nitro benzene ring substituents is 1. The zero-order chi connectivity index (χ0) is 14.6. The Morgan fingerprint density at radius 3 is 2.58 bits per heavy atom. The van der Waals surface area contributed by atoms with Crippen molar-refractivity contribution < 1.29 is 9.72 Å². The maximum atomic E-state index is 12.1. The molecule has 5 nitrogen and oxygen atoms in total. The van der Waals surface area contributed by atoms with E-state index >= 15 is 0 Å². The molecule has 1 atom stereocenters. The second-order valence-corrected chi connectivity index (χ2v) is 5.78. The molecule has 0 spiro atoms. The van der Waals surface area contributed by atoms with E-state index in [-0.39, 0.29) is 23.2 Å². The lowest BCUT2D eigenvalue weighted by Gasteiger charge is -2.16. The second-order valence-electron chi connectivity index (χ2n) is 4.93. The van der Waals surface area contributed by atoms with Crippen molar-refractivity contribution in [2.45, 2.75) is 33.2 Å². The summed E-state index contributed by atoms with van der Waals surface area (Å²) in [5, 5.41) is 13.6. The number of hydrogen-bond acceptors (Lipinski definition) is 3. The summed E-state index contributed by atoms with van der Waals surface area (Å²) in [7, 11) is 0. The van der Waals surface area contributed by atoms with Gasteiger partial charge in [0.05, 0.1) is 10.5 Å². The molecule has 1 amide bonds. The molecule has 1 unspecified atom stereocenters. The molecule has 0 fully saturated rings. The molecule has 1 aromatic rings. The first-order valence-electron chi connectivity index (χ1n) is 6.06. The van der Waals surface area contributed by atoms with E-state index in [0.717, 1.165) is 6.42 Å². The largest absolute Gasteiger partial charge is 0.350 e. The van der Waals surface area contributed by atoms with E-state index in [1.807, 2.05) is 6.92 Å². The quantitative estimate of drug-likeness (QED) is 0.663. The summed E-state index contributed by atoms with van der Waals surface area (Å²) in [4.78, 5) is 22.3. The number of rotatable bonds is 5. The van der Waals surface area contributed by atoms with Gasteiger partial charge >= 0.3 is 0 Å². The van der Waals surface area contributed by atoms with Crippen LogP contribution >= 0.6 is 15.9 Å². The van der Waals surface area contributed by atoms with Crippen LogP contribution in [0.3, 0.4) is 0 Å². The Morgan fingerprint density at radius 1 is 1.42 bits per heavy atom. The highest BCUT2D eigenvalue weighted by Crippen LogP contribution is 2.22. The first kappa shape index (κ1) is 15.6. The SMILES string of the molecule is CC(C)CC(C)NC(=O)c1cc([N+](=O)[O-])ccc1Br. The van der Waals surface area contributed by atoms with E-state index in [9.17, 15) is 14.9 Å². The van der Waals surface area contributed by atoms with Crippen LogP contribution in [0.4, 0.5) is 5.69 Å². The molecule has 0 saturated carbocycles. The van der Waals surface area contributed by atoms with Crippen LogP contribution in [-0.2, 0) is 0 Å². The molecule has 0 aliphatic heterocycles. The van der Waals surface area contributed by atoms with Crippen molar-refractivity contribution in [1.29, 1.82) is 0 Å². The van der Waals surface area contributed by atoms with E-state index < -0.39 is 4.92 Å². The molecule has 0 aliphatic rings. The Labute approximate surface area is 120 Å². The summed E-state index contributed by atoms with van der Waals surface area (Å²) >= 11 is 3.24. The average molecular weight is 329 g/mol. The number of halogens is 1. The molecule has 0 aliphatic carbocycles. The highest BCUT2D eigenvalue weighted by atomic mass is 79.9. The van der Waals surface area contributed by atoms with Crippen LogP contribution in [-0.4, -0.2) is 16.9 Å². The summed E-state index contributed by atoms with van der Waals surface area (Å²) in [6.45, 7) is 6.07. The molecule has 6 heteroatoms. The third-order valence-corrected chi connectivity index (χ3v) is 3.30. The number of nitro groups is 1.